The molecule has 0 aliphatic heterocycles. The molecule has 0 saturated heterocycles. The van der Waals surface area contributed by atoms with Crippen molar-refractivity contribution in [3.05, 3.63) is 101 Å². The Balaban J connectivity index is 1.43. The summed E-state index contributed by atoms with van der Waals surface area (Å²) in [6.45, 7) is 0.426. The van der Waals surface area contributed by atoms with Crippen LogP contribution < -0.4 is 14.2 Å². The van der Waals surface area contributed by atoms with Gasteiger partial charge in [0.05, 0.1) is 12.8 Å². The van der Waals surface area contributed by atoms with E-state index in [9.17, 15) is 4.39 Å². The number of rotatable bonds is 8. The summed E-state index contributed by atoms with van der Waals surface area (Å²) >= 11 is 5.79. The van der Waals surface area contributed by atoms with Crippen molar-refractivity contribution >= 4 is 11.6 Å². The van der Waals surface area contributed by atoms with Crippen LogP contribution in [0.1, 0.15) is 11.1 Å². The zero-order valence-electron chi connectivity index (χ0n) is 17.3. The highest BCUT2D eigenvalue weighted by Crippen LogP contribution is 2.24. The molecule has 4 rings (SSSR count). The molecule has 0 aliphatic rings. The van der Waals surface area contributed by atoms with Crippen LogP contribution in [0.15, 0.2) is 79.0 Å². The highest BCUT2D eigenvalue weighted by atomic mass is 35.5. The number of ether oxygens (including phenoxy) is 3. The fourth-order valence-electron chi connectivity index (χ4n) is 2.97. The fourth-order valence-corrected chi connectivity index (χ4v) is 3.13. The van der Waals surface area contributed by atoms with Crippen LogP contribution in [0.3, 0.4) is 0 Å². The fraction of sp³-hybridized carbons (Fsp3) is 0.120. The van der Waals surface area contributed by atoms with Crippen molar-refractivity contribution in [2.75, 3.05) is 7.11 Å². The third kappa shape index (κ3) is 5.53. The molecule has 32 heavy (non-hydrogen) atoms. The lowest BCUT2D eigenvalue weighted by Gasteiger charge is -2.10. The Labute approximate surface area is 190 Å². The third-order valence-electron chi connectivity index (χ3n) is 4.69. The van der Waals surface area contributed by atoms with Crippen molar-refractivity contribution in [1.82, 2.24) is 9.97 Å². The van der Waals surface area contributed by atoms with Crippen LogP contribution in [0.25, 0.3) is 11.3 Å². The van der Waals surface area contributed by atoms with Gasteiger partial charge in [-0.1, -0.05) is 35.9 Å². The lowest BCUT2D eigenvalue weighted by atomic mass is 10.2. The lowest BCUT2D eigenvalue weighted by Crippen LogP contribution is -2.00. The number of benzene rings is 2. The van der Waals surface area contributed by atoms with E-state index in [1.54, 1.807) is 31.5 Å². The molecule has 0 bridgehead atoms. The van der Waals surface area contributed by atoms with E-state index in [0.717, 1.165) is 16.9 Å². The summed E-state index contributed by atoms with van der Waals surface area (Å²) in [4.78, 5) is 8.79. The van der Waals surface area contributed by atoms with E-state index in [4.69, 9.17) is 25.8 Å². The van der Waals surface area contributed by atoms with E-state index in [-0.39, 0.29) is 6.61 Å². The quantitative estimate of drug-likeness (QED) is 0.324. The lowest BCUT2D eigenvalue weighted by molar-refractivity contribution is 0.288. The molecule has 0 fully saturated rings. The van der Waals surface area contributed by atoms with Gasteiger partial charge in [0.1, 0.15) is 24.8 Å². The summed E-state index contributed by atoms with van der Waals surface area (Å²) in [6.07, 6.45) is 1.66. The van der Waals surface area contributed by atoms with Crippen LogP contribution in [0, 0.1) is 5.82 Å². The predicted molar refractivity (Wildman–Crippen MR) is 121 cm³/mol. The maximum atomic E-state index is 14.0. The maximum absolute atomic E-state index is 14.0. The van der Waals surface area contributed by atoms with Crippen molar-refractivity contribution in [2.24, 2.45) is 0 Å². The molecule has 0 spiro atoms. The molecular weight excluding hydrogens is 431 g/mol. The Morgan fingerprint density at radius 3 is 2.47 bits per heavy atom. The van der Waals surface area contributed by atoms with Crippen LogP contribution in [-0.4, -0.2) is 17.1 Å². The van der Waals surface area contributed by atoms with E-state index >= 15 is 0 Å². The first-order valence-corrected chi connectivity index (χ1v) is 10.2. The summed E-state index contributed by atoms with van der Waals surface area (Å²) in [5.41, 5.74) is 2.92. The van der Waals surface area contributed by atoms with Gasteiger partial charge in [-0.3, -0.25) is 0 Å². The molecular formula is C25H20ClFN2O3. The van der Waals surface area contributed by atoms with Crippen LogP contribution >= 0.6 is 11.6 Å². The summed E-state index contributed by atoms with van der Waals surface area (Å²) in [5.74, 6) is 1.24. The van der Waals surface area contributed by atoms with Gasteiger partial charge in [-0.25, -0.2) is 14.4 Å². The summed E-state index contributed by atoms with van der Waals surface area (Å²) in [6, 6.07) is 21.2. The Bertz CT molecular complexity index is 1200. The zero-order chi connectivity index (χ0) is 22.3. The minimum Gasteiger partial charge on any atom is -0.497 e. The second-order valence-corrected chi connectivity index (χ2v) is 7.34. The van der Waals surface area contributed by atoms with E-state index in [2.05, 4.69) is 9.97 Å². The molecule has 2 aromatic carbocycles. The number of pyridine rings is 2. The van der Waals surface area contributed by atoms with Gasteiger partial charge in [0, 0.05) is 34.5 Å². The van der Waals surface area contributed by atoms with Gasteiger partial charge in [-0.2, -0.15) is 0 Å². The van der Waals surface area contributed by atoms with Gasteiger partial charge in [0.2, 0.25) is 11.8 Å². The summed E-state index contributed by atoms with van der Waals surface area (Å²) in [5, 5.41) is 0.342. The predicted octanol–water partition coefficient (Wildman–Crippen LogP) is 6.10. The third-order valence-corrected chi connectivity index (χ3v) is 4.93. The number of aromatic nitrogens is 2. The number of methoxy groups -OCH3 is 1. The van der Waals surface area contributed by atoms with E-state index in [1.807, 2.05) is 48.5 Å². The standard InChI is InChI=1S/C25H20ClFN2O3/c1-30-21-9-5-17(6-10-21)15-31-25-13-18(11-12-28-25)23-3-2-4-24(29-23)32-16-19-7-8-20(26)14-22(19)27/h2-14H,15-16H2,1H3. The molecule has 0 saturated carbocycles. The van der Waals surface area contributed by atoms with Gasteiger partial charge in [-0.15, -0.1) is 0 Å². The van der Waals surface area contributed by atoms with E-state index in [1.165, 1.54) is 6.07 Å². The Morgan fingerprint density at radius 1 is 0.875 bits per heavy atom. The zero-order valence-corrected chi connectivity index (χ0v) is 18.1. The van der Waals surface area contributed by atoms with Crippen molar-refractivity contribution in [3.63, 3.8) is 0 Å². The van der Waals surface area contributed by atoms with E-state index < -0.39 is 5.82 Å². The average Bonchev–Trinajstić information content (AvgIpc) is 2.83. The highest BCUT2D eigenvalue weighted by molar-refractivity contribution is 6.30. The first kappa shape index (κ1) is 21.6. The van der Waals surface area contributed by atoms with Crippen molar-refractivity contribution in [1.29, 1.82) is 0 Å². The summed E-state index contributed by atoms with van der Waals surface area (Å²) < 4.78 is 30.6. The maximum Gasteiger partial charge on any atom is 0.214 e. The molecule has 7 heteroatoms. The molecule has 0 atom stereocenters. The second kappa shape index (κ2) is 10.1. The number of hydrogen-bond acceptors (Lipinski definition) is 5. The Morgan fingerprint density at radius 2 is 1.69 bits per heavy atom. The summed E-state index contributed by atoms with van der Waals surface area (Å²) in [7, 11) is 1.63. The highest BCUT2D eigenvalue weighted by Gasteiger charge is 2.08. The largest absolute Gasteiger partial charge is 0.497 e. The number of nitrogens with zero attached hydrogens (tertiary/aromatic N) is 2. The van der Waals surface area contributed by atoms with Gasteiger partial charge < -0.3 is 14.2 Å². The van der Waals surface area contributed by atoms with Crippen LogP contribution in [0.2, 0.25) is 5.02 Å². The molecule has 0 unspecified atom stereocenters. The molecule has 5 nitrogen and oxygen atoms in total. The average molecular weight is 451 g/mol. The Hall–Kier alpha value is -3.64. The Kier molecular flexibility index (Phi) is 6.82. The van der Waals surface area contributed by atoms with Gasteiger partial charge >= 0.3 is 0 Å². The van der Waals surface area contributed by atoms with Crippen molar-refractivity contribution < 1.29 is 18.6 Å². The number of hydrogen-bond donors (Lipinski definition) is 0. The molecule has 0 N–H and O–H groups in total. The second-order valence-electron chi connectivity index (χ2n) is 6.90. The smallest absolute Gasteiger partial charge is 0.214 e. The van der Waals surface area contributed by atoms with Gasteiger partial charge in [0.25, 0.3) is 0 Å². The van der Waals surface area contributed by atoms with Crippen LogP contribution in [0.4, 0.5) is 4.39 Å². The molecule has 2 heterocycles. The minimum absolute atomic E-state index is 0.0476. The van der Waals surface area contributed by atoms with Crippen LogP contribution in [0.5, 0.6) is 17.5 Å². The first-order chi connectivity index (χ1) is 15.6. The molecule has 0 amide bonds. The molecule has 2 aromatic heterocycles. The minimum atomic E-state index is -0.415. The van der Waals surface area contributed by atoms with Crippen molar-refractivity contribution in [2.45, 2.75) is 13.2 Å². The molecule has 162 valence electrons. The topological polar surface area (TPSA) is 53.5 Å². The SMILES string of the molecule is COc1ccc(COc2cc(-c3cccc(OCc4ccc(Cl)cc4F)n3)ccn2)cc1. The van der Waals surface area contributed by atoms with Gasteiger partial charge in [-0.05, 0) is 42.0 Å². The van der Waals surface area contributed by atoms with Gasteiger partial charge in [0.15, 0.2) is 0 Å². The normalized spacial score (nSPS) is 10.6. The number of halogens is 2. The first-order valence-electron chi connectivity index (χ1n) is 9.86. The monoisotopic (exact) mass is 450 g/mol. The molecule has 4 aromatic rings. The molecule has 0 radical (unpaired) electrons. The van der Waals surface area contributed by atoms with Crippen LogP contribution in [-0.2, 0) is 13.2 Å². The molecule has 0 aliphatic carbocycles. The van der Waals surface area contributed by atoms with E-state index in [0.29, 0.717) is 34.6 Å². The van der Waals surface area contributed by atoms with Crippen molar-refractivity contribution in [3.8, 4) is 28.8 Å².